The number of rotatable bonds is 7. The molecule has 0 fully saturated rings. The first-order valence-electron chi connectivity index (χ1n) is 17.8. The van der Waals surface area contributed by atoms with Gasteiger partial charge in [-0.3, -0.25) is 9.69 Å². The molecule has 1 aliphatic carbocycles. The Balaban J connectivity index is 0.000000157. The minimum Gasteiger partial charge on any atom is -0.488 e. The summed E-state index contributed by atoms with van der Waals surface area (Å²) in [5.41, 5.74) is 9.46. The number of hydrogen-bond acceptors (Lipinski definition) is 6. The number of likely N-dealkylation sites (N-methyl/N-ethyl adjacent to an activating group) is 1. The Kier molecular flexibility index (Phi) is 9.69. The highest BCUT2D eigenvalue weighted by molar-refractivity contribution is 6.00. The van der Waals surface area contributed by atoms with Crippen LogP contribution in [0.1, 0.15) is 47.8 Å². The van der Waals surface area contributed by atoms with Crippen LogP contribution in [-0.2, 0) is 24.9 Å². The Morgan fingerprint density at radius 1 is 1.06 bits per heavy atom. The minimum atomic E-state index is -0.188. The van der Waals surface area contributed by atoms with Gasteiger partial charge in [0.15, 0.2) is 0 Å². The first kappa shape index (κ1) is 33.8. The lowest BCUT2D eigenvalue weighted by molar-refractivity contribution is -0.125. The van der Waals surface area contributed by atoms with Crippen molar-refractivity contribution in [2.45, 2.75) is 44.9 Å². The van der Waals surface area contributed by atoms with Crippen LogP contribution in [0.15, 0.2) is 89.5 Å². The number of para-hydroxylation sites is 2. The lowest BCUT2D eigenvalue weighted by Crippen LogP contribution is -2.48. The van der Waals surface area contributed by atoms with Gasteiger partial charge in [0.2, 0.25) is 5.91 Å². The highest BCUT2D eigenvalue weighted by atomic mass is 16.5. The first-order valence-corrected chi connectivity index (χ1v) is 17.8. The molecular weight excluding hydrogens is 624 g/mol. The van der Waals surface area contributed by atoms with E-state index in [1.54, 1.807) is 0 Å². The molecule has 1 amide bonds. The molecule has 0 bridgehead atoms. The molecule has 0 radical (unpaired) electrons. The van der Waals surface area contributed by atoms with Crippen LogP contribution in [0.5, 0.6) is 5.75 Å². The number of fused-ring (bicyclic) bond motifs is 6. The maximum absolute atomic E-state index is 12.7. The second-order valence-corrected chi connectivity index (χ2v) is 14.0. The second kappa shape index (κ2) is 14.3. The number of aromatic nitrogens is 1. The van der Waals surface area contributed by atoms with Gasteiger partial charge in [-0.2, -0.15) is 0 Å². The third-order valence-electron chi connectivity index (χ3n) is 10.4. The Morgan fingerprint density at radius 3 is 2.64 bits per heavy atom. The van der Waals surface area contributed by atoms with Crippen LogP contribution < -0.4 is 10.1 Å². The number of amides is 1. The zero-order chi connectivity index (χ0) is 34.9. The van der Waals surface area contributed by atoms with E-state index in [1.165, 1.54) is 27.6 Å². The summed E-state index contributed by atoms with van der Waals surface area (Å²) < 4.78 is 14.5. The summed E-state index contributed by atoms with van der Waals surface area (Å²) in [5, 5.41) is 14.8. The first-order chi connectivity index (χ1) is 24.3. The van der Waals surface area contributed by atoms with Crippen molar-refractivity contribution in [2.24, 2.45) is 13.0 Å². The Labute approximate surface area is 294 Å². The number of nitrogens with one attached hydrogen (secondary N) is 1. The van der Waals surface area contributed by atoms with Gasteiger partial charge in [-0.05, 0) is 75.3 Å². The molecule has 50 heavy (non-hydrogen) atoms. The van der Waals surface area contributed by atoms with Gasteiger partial charge >= 0.3 is 0 Å². The van der Waals surface area contributed by atoms with Crippen molar-refractivity contribution < 1.29 is 19.1 Å². The Morgan fingerprint density at radius 2 is 1.84 bits per heavy atom. The molecule has 260 valence electrons. The van der Waals surface area contributed by atoms with Crippen molar-refractivity contribution in [3.05, 3.63) is 113 Å². The molecule has 3 aliphatic rings. The smallest absolute Gasteiger partial charge is 0.228 e. The Bertz CT molecular complexity index is 2080. The molecule has 0 spiro atoms. The molecule has 2 aromatic heterocycles. The lowest BCUT2D eigenvalue weighted by atomic mass is 9.80. The van der Waals surface area contributed by atoms with Gasteiger partial charge in [0.25, 0.3) is 0 Å². The molecule has 8 nitrogen and oxygen atoms in total. The standard InChI is InChI=1S/C21H27N3O2.C21H21NO2/c1-4-15(12-25)22-21(26)14-8-17-16-6-5-7-18-20(16)13(10-23(18)2)9-19(17)24(3)11-14;1-22(2)13-7-10-17-15-8-3-5-11-19(15)23-14-18-16-9-4-6-12-20(16)24-21(17)18/h5-8,10,14-15,19,25H,4,9,11-12H2,1-3H3,(H,22,26);3-6,8-12H,7,13-14H2,1-2H3/b;17-10+/t14-,15+,19-;/m1./s1. The molecule has 2 N–H and O–H groups in total. The zero-order valence-electron chi connectivity index (χ0n) is 29.8. The number of benzene rings is 3. The monoisotopic (exact) mass is 672 g/mol. The molecule has 8 rings (SSSR count). The van der Waals surface area contributed by atoms with Crippen LogP contribution in [-0.4, -0.2) is 78.3 Å². The van der Waals surface area contributed by atoms with Crippen LogP contribution >= 0.6 is 0 Å². The number of carbonyl (C=O) groups is 1. The van der Waals surface area contributed by atoms with E-state index < -0.39 is 0 Å². The largest absolute Gasteiger partial charge is 0.488 e. The lowest BCUT2D eigenvalue weighted by Gasteiger charge is -2.39. The van der Waals surface area contributed by atoms with Crippen molar-refractivity contribution in [1.29, 1.82) is 0 Å². The molecule has 8 heteroatoms. The summed E-state index contributed by atoms with van der Waals surface area (Å²) in [7, 11) is 8.39. The number of ether oxygens (including phenoxy) is 1. The maximum atomic E-state index is 12.7. The summed E-state index contributed by atoms with van der Waals surface area (Å²) in [6.07, 6.45) is 9.36. The fourth-order valence-corrected chi connectivity index (χ4v) is 7.69. The third kappa shape index (κ3) is 6.39. The highest BCUT2D eigenvalue weighted by Crippen LogP contribution is 2.42. The number of aryl methyl sites for hydroxylation is 1. The average molecular weight is 673 g/mol. The summed E-state index contributed by atoms with van der Waals surface area (Å²) in [6, 6.07) is 23.0. The van der Waals surface area contributed by atoms with Crippen molar-refractivity contribution in [1.82, 2.24) is 19.7 Å². The van der Waals surface area contributed by atoms with Gasteiger partial charge in [-0.25, -0.2) is 0 Å². The van der Waals surface area contributed by atoms with E-state index >= 15 is 0 Å². The van der Waals surface area contributed by atoms with Crippen molar-refractivity contribution in [3.63, 3.8) is 0 Å². The predicted octanol–water partition coefficient (Wildman–Crippen LogP) is 6.64. The van der Waals surface area contributed by atoms with E-state index in [2.05, 4.69) is 103 Å². The average Bonchev–Trinajstić information content (AvgIpc) is 3.61. The fraction of sp³-hybridized carbons (Fsp3) is 0.357. The molecule has 4 heterocycles. The van der Waals surface area contributed by atoms with E-state index in [0.717, 1.165) is 65.0 Å². The molecule has 3 aromatic carbocycles. The number of nitrogens with zero attached hydrogens (tertiary/aromatic N) is 3. The van der Waals surface area contributed by atoms with E-state index in [4.69, 9.17) is 9.15 Å². The highest BCUT2D eigenvalue weighted by Gasteiger charge is 2.36. The zero-order valence-corrected chi connectivity index (χ0v) is 29.8. The molecule has 0 saturated carbocycles. The summed E-state index contributed by atoms with van der Waals surface area (Å²) in [6.45, 7) is 4.20. The molecular formula is C42H48N4O4. The minimum absolute atomic E-state index is 0.00901. The van der Waals surface area contributed by atoms with Crippen LogP contribution in [0.3, 0.4) is 0 Å². The van der Waals surface area contributed by atoms with E-state index in [1.807, 2.05) is 37.3 Å². The van der Waals surface area contributed by atoms with Gasteiger partial charge in [0, 0.05) is 65.4 Å². The van der Waals surface area contributed by atoms with E-state index in [9.17, 15) is 9.90 Å². The molecule has 0 unspecified atom stereocenters. The molecule has 3 atom stereocenters. The number of carbonyl (C=O) groups excluding carboxylic acids is 1. The second-order valence-electron chi connectivity index (χ2n) is 14.0. The van der Waals surface area contributed by atoms with Crippen molar-refractivity contribution in [2.75, 3.05) is 40.8 Å². The number of hydrogen-bond donors (Lipinski definition) is 2. The Hall–Kier alpha value is -4.63. The molecule has 2 aliphatic heterocycles. The molecule has 5 aromatic rings. The van der Waals surface area contributed by atoms with Crippen LogP contribution in [0.4, 0.5) is 0 Å². The van der Waals surface area contributed by atoms with Crippen LogP contribution in [0, 0.1) is 5.92 Å². The summed E-state index contributed by atoms with van der Waals surface area (Å²) in [5.74, 6) is 1.69. The van der Waals surface area contributed by atoms with Gasteiger partial charge in [0.05, 0.1) is 18.6 Å². The SMILES string of the molecule is CC[C@@H](CO)NC(=O)[C@@H]1C=C2c3cccc4c3c(cn4C)C[C@H]2N(C)C1.CN(C)CC/C=C1\c2ccccc2OCc2c1oc1ccccc21. The summed E-state index contributed by atoms with van der Waals surface area (Å²) >= 11 is 0. The predicted molar refractivity (Wildman–Crippen MR) is 201 cm³/mol. The topological polar surface area (TPSA) is 83.1 Å². The number of aliphatic hydroxyl groups is 1. The molecule has 0 saturated heterocycles. The van der Waals surface area contributed by atoms with Gasteiger partial charge in [-0.15, -0.1) is 0 Å². The van der Waals surface area contributed by atoms with Gasteiger partial charge < -0.3 is 29.0 Å². The van der Waals surface area contributed by atoms with Crippen molar-refractivity contribution >= 4 is 38.9 Å². The van der Waals surface area contributed by atoms with Crippen molar-refractivity contribution in [3.8, 4) is 5.75 Å². The van der Waals surface area contributed by atoms with Crippen LogP contribution in [0.2, 0.25) is 0 Å². The van der Waals surface area contributed by atoms with E-state index in [-0.39, 0.29) is 24.5 Å². The number of furan rings is 1. The van der Waals surface area contributed by atoms with Gasteiger partial charge in [-0.1, -0.05) is 67.6 Å². The normalized spacial score (nSPS) is 19.5. The third-order valence-corrected chi connectivity index (χ3v) is 10.4. The quantitative estimate of drug-likeness (QED) is 0.202. The van der Waals surface area contributed by atoms with Gasteiger partial charge in [0.1, 0.15) is 23.7 Å². The number of aliphatic hydroxyl groups excluding tert-OH is 1. The van der Waals surface area contributed by atoms with Crippen LogP contribution in [0.25, 0.3) is 33.0 Å². The fourth-order valence-electron chi connectivity index (χ4n) is 7.69. The maximum Gasteiger partial charge on any atom is 0.228 e. The summed E-state index contributed by atoms with van der Waals surface area (Å²) in [4.78, 5) is 17.2. The van der Waals surface area contributed by atoms with E-state index in [0.29, 0.717) is 19.2 Å².